The van der Waals surface area contributed by atoms with Crippen molar-refractivity contribution in [2.75, 3.05) is 13.1 Å². The molecule has 1 saturated heterocycles. The Morgan fingerprint density at radius 3 is 2.67 bits per heavy atom. The summed E-state index contributed by atoms with van der Waals surface area (Å²) in [6.45, 7) is 1.02. The first-order chi connectivity index (χ1) is 11.5. The zero-order valence-electron chi connectivity index (χ0n) is 12.9. The molecule has 0 atom stereocenters. The molecule has 2 aromatic heterocycles. The van der Waals surface area contributed by atoms with Crippen molar-refractivity contribution < 1.29 is 12.8 Å². The second-order valence-corrected chi connectivity index (χ2v) is 9.18. The summed E-state index contributed by atoms with van der Waals surface area (Å²) < 4.78 is 40.4. The topological polar surface area (TPSA) is 53.2 Å². The second-order valence-electron chi connectivity index (χ2n) is 6.07. The summed E-state index contributed by atoms with van der Waals surface area (Å²) in [4.78, 5) is 3.34. The van der Waals surface area contributed by atoms with Crippen molar-refractivity contribution in [3.8, 4) is 0 Å². The van der Waals surface area contributed by atoms with Crippen LogP contribution in [0.4, 0.5) is 4.39 Å². The molecule has 0 unspecified atom stereocenters. The minimum absolute atomic E-state index is 0.245. The van der Waals surface area contributed by atoms with E-state index in [1.54, 1.807) is 27.9 Å². The largest absolute Gasteiger partial charge is 0.358 e. The highest BCUT2D eigenvalue weighted by atomic mass is 32.2. The predicted octanol–water partition coefficient (Wildman–Crippen LogP) is 3.94. The van der Waals surface area contributed by atoms with Gasteiger partial charge in [0.05, 0.1) is 0 Å². The number of hydrogen-bond donors (Lipinski definition) is 1. The number of hydrogen-bond acceptors (Lipinski definition) is 3. The number of halogens is 1. The van der Waals surface area contributed by atoms with Gasteiger partial charge in [-0.2, -0.15) is 4.31 Å². The van der Waals surface area contributed by atoms with Crippen molar-refractivity contribution >= 4 is 32.3 Å². The van der Waals surface area contributed by atoms with Gasteiger partial charge < -0.3 is 4.98 Å². The minimum Gasteiger partial charge on any atom is -0.358 e. The molecule has 7 heteroatoms. The van der Waals surface area contributed by atoms with Gasteiger partial charge in [0.2, 0.25) is 0 Å². The lowest BCUT2D eigenvalue weighted by Crippen LogP contribution is -2.37. The molecule has 0 spiro atoms. The van der Waals surface area contributed by atoms with E-state index in [0.29, 0.717) is 17.3 Å². The highest BCUT2D eigenvalue weighted by Crippen LogP contribution is 2.32. The number of rotatable bonds is 3. The summed E-state index contributed by atoms with van der Waals surface area (Å²) in [7, 11) is -3.36. The highest BCUT2D eigenvalue weighted by Gasteiger charge is 2.31. The zero-order chi connectivity index (χ0) is 16.7. The van der Waals surface area contributed by atoms with Crippen molar-refractivity contribution in [1.29, 1.82) is 0 Å². The molecule has 1 N–H and O–H groups in total. The number of aromatic amines is 1. The number of fused-ring (bicyclic) bond motifs is 1. The van der Waals surface area contributed by atoms with Crippen LogP contribution in [0.3, 0.4) is 0 Å². The molecule has 1 fully saturated rings. The van der Waals surface area contributed by atoms with E-state index < -0.39 is 10.0 Å². The number of sulfonamides is 1. The molecule has 1 aliphatic rings. The van der Waals surface area contributed by atoms with Crippen LogP contribution in [0.2, 0.25) is 0 Å². The first-order valence-corrected chi connectivity index (χ1v) is 10.2. The average molecular weight is 364 g/mol. The quantitative estimate of drug-likeness (QED) is 0.765. The number of nitrogens with one attached hydrogen (secondary N) is 1. The molecule has 0 radical (unpaired) electrons. The maximum absolute atomic E-state index is 13.3. The number of H-pyrrole nitrogens is 1. The van der Waals surface area contributed by atoms with E-state index in [0.717, 1.165) is 29.4 Å². The molecular weight excluding hydrogens is 347 g/mol. The molecule has 0 bridgehead atoms. The third-order valence-electron chi connectivity index (χ3n) is 4.59. The van der Waals surface area contributed by atoms with E-state index in [1.165, 1.54) is 23.5 Å². The van der Waals surface area contributed by atoms with Crippen LogP contribution in [0, 0.1) is 5.82 Å². The van der Waals surface area contributed by atoms with Crippen LogP contribution in [0.5, 0.6) is 0 Å². The van der Waals surface area contributed by atoms with E-state index in [-0.39, 0.29) is 11.7 Å². The van der Waals surface area contributed by atoms with Crippen LogP contribution in [-0.2, 0) is 10.0 Å². The molecule has 0 amide bonds. The molecule has 1 aromatic carbocycles. The smallest absolute Gasteiger partial charge is 0.252 e. The van der Waals surface area contributed by atoms with Crippen molar-refractivity contribution in [2.24, 2.45) is 0 Å². The number of piperidine rings is 1. The Balaban J connectivity index is 1.51. The summed E-state index contributed by atoms with van der Waals surface area (Å²) in [5.74, 6) is 0.0279. The van der Waals surface area contributed by atoms with Gasteiger partial charge in [0.1, 0.15) is 10.0 Å². The molecule has 3 aromatic rings. The third-order valence-corrected chi connectivity index (χ3v) is 7.86. The maximum Gasteiger partial charge on any atom is 0.252 e. The third kappa shape index (κ3) is 2.76. The highest BCUT2D eigenvalue weighted by molar-refractivity contribution is 7.91. The Morgan fingerprint density at radius 1 is 1.17 bits per heavy atom. The molecular formula is C17H17FN2O2S2. The van der Waals surface area contributed by atoms with Crippen molar-refractivity contribution in [1.82, 2.24) is 9.29 Å². The molecule has 1 aliphatic heterocycles. The van der Waals surface area contributed by atoms with E-state index in [9.17, 15) is 12.8 Å². The minimum atomic E-state index is -3.36. The first-order valence-electron chi connectivity index (χ1n) is 7.86. The van der Waals surface area contributed by atoms with Gasteiger partial charge in [-0.15, -0.1) is 11.3 Å². The first kappa shape index (κ1) is 15.8. The van der Waals surface area contributed by atoms with Gasteiger partial charge in [-0.05, 0) is 48.6 Å². The molecule has 126 valence electrons. The van der Waals surface area contributed by atoms with Crippen molar-refractivity contribution in [3.05, 3.63) is 53.3 Å². The van der Waals surface area contributed by atoms with Crippen LogP contribution in [0.1, 0.15) is 24.5 Å². The molecule has 0 aliphatic carbocycles. The summed E-state index contributed by atoms with van der Waals surface area (Å²) in [5.41, 5.74) is 1.98. The van der Waals surface area contributed by atoms with E-state index in [1.807, 2.05) is 6.07 Å². The summed E-state index contributed by atoms with van der Waals surface area (Å²) in [6.07, 6.45) is 1.53. The van der Waals surface area contributed by atoms with Gasteiger partial charge in [-0.1, -0.05) is 6.07 Å². The van der Waals surface area contributed by atoms with Gasteiger partial charge in [0, 0.05) is 35.6 Å². The number of nitrogens with zero attached hydrogens (tertiary/aromatic N) is 1. The molecule has 4 rings (SSSR count). The fourth-order valence-corrected chi connectivity index (χ4v) is 5.90. The Hall–Kier alpha value is -1.70. The fraction of sp³-hybridized carbons (Fsp3) is 0.294. The Kier molecular flexibility index (Phi) is 3.94. The Morgan fingerprint density at radius 2 is 1.96 bits per heavy atom. The Labute approximate surface area is 144 Å². The second kappa shape index (κ2) is 5.98. The average Bonchev–Trinajstić information content (AvgIpc) is 3.24. The van der Waals surface area contributed by atoms with Crippen molar-refractivity contribution in [3.63, 3.8) is 0 Å². The summed E-state index contributed by atoms with van der Waals surface area (Å²) in [5, 5.41) is 2.64. The molecule has 3 heterocycles. The van der Waals surface area contributed by atoms with Gasteiger partial charge >= 0.3 is 0 Å². The van der Waals surface area contributed by atoms with Crippen LogP contribution in [0.15, 0.2) is 46.0 Å². The number of aromatic nitrogens is 1. The van der Waals surface area contributed by atoms with Gasteiger partial charge in [0.15, 0.2) is 0 Å². The lowest BCUT2D eigenvalue weighted by Gasteiger charge is -2.30. The lowest BCUT2D eigenvalue weighted by atomic mass is 9.95. The molecule has 24 heavy (non-hydrogen) atoms. The normalized spacial score (nSPS) is 17.5. The summed E-state index contributed by atoms with van der Waals surface area (Å²) in [6, 6.07) is 10.1. The zero-order valence-corrected chi connectivity index (χ0v) is 14.5. The predicted molar refractivity (Wildman–Crippen MR) is 93.3 cm³/mol. The van der Waals surface area contributed by atoms with E-state index in [2.05, 4.69) is 4.98 Å². The maximum atomic E-state index is 13.3. The standard InChI is InChI=1S/C17H17FN2O2S2/c18-14-3-4-15-13(10-14)11-16(19-15)12-5-7-20(8-6-12)24(21,22)17-2-1-9-23-17/h1-4,9-12,19H,5-8H2. The van der Waals surface area contributed by atoms with Crippen LogP contribution in [-0.4, -0.2) is 30.8 Å². The van der Waals surface area contributed by atoms with E-state index >= 15 is 0 Å². The van der Waals surface area contributed by atoms with E-state index in [4.69, 9.17) is 0 Å². The van der Waals surface area contributed by atoms with Crippen LogP contribution >= 0.6 is 11.3 Å². The number of thiophene rings is 1. The van der Waals surface area contributed by atoms with Gasteiger partial charge in [0.25, 0.3) is 10.0 Å². The lowest BCUT2D eigenvalue weighted by molar-refractivity contribution is 0.318. The summed E-state index contributed by atoms with van der Waals surface area (Å²) >= 11 is 1.25. The molecule has 4 nitrogen and oxygen atoms in total. The van der Waals surface area contributed by atoms with Gasteiger partial charge in [-0.3, -0.25) is 0 Å². The molecule has 0 saturated carbocycles. The fourth-order valence-electron chi connectivity index (χ4n) is 3.29. The monoisotopic (exact) mass is 364 g/mol. The van der Waals surface area contributed by atoms with Crippen LogP contribution in [0.25, 0.3) is 10.9 Å². The van der Waals surface area contributed by atoms with Gasteiger partial charge in [-0.25, -0.2) is 12.8 Å². The van der Waals surface area contributed by atoms with Crippen LogP contribution < -0.4 is 0 Å². The Bertz CT molecular complexity index is 956. The number of benzene rings is 1. The SMILES string of the molecule is O=S(=O)(c1cccs1)N1CCC(c2cc3cc(F)ccc3[nH]2)CC1. The van der Waals surface area contributed by atoms with Crippen molar-refractivity contribution in [2.45, 2.75) is 23.0 Å².